The van der Waals surface area contributed by atoms with Gasteiger partial charge >= 0.3 is 5.69 Å². The molecule has 0 bridgehead atoms. The standard InChI is InChI=1S/C21H19ClFN5O5/c1-3-24-19-17(28(30)31)8-9-18(26-19)27-20(29)12(2)32-14-4-6-15(7-5-14)33-21-16(23)10-13(22)11-25-21/h4-12H,3H2,1-2H3,(H2,24,26,27,29). The van der Waals surface area contributed by atoms with Crippen molar-refractivity contribution in [1.82, 2.24) is 9.97 Å². The molecule has 0 saturated heterocycles. The molecule has 0 aliphatic rings. The normalized spacial score (nSPS) is 11.4. The average molecular weight is 476 g/mol. The fourth-order valence-corrected chi connectivity index (χ4v) is 2.77. The lowest BCUT2D eigenvalue weighted by Crippen LogP contribution is -2.30. The van der Waals surface area contributed by atoms with Crippen molar-refractivity contribution in [2.45, 2.75) is 20.0 Å². The number of amides is 1. The zero-order chi connectivity index (χ0) is 24.0. The van der Waals surface area contributed by atoms with E-state index in [9.17, 15) is 19.3 Å². The van der Waals surface area contributed by atoms with Gasteiger partial charge < -0.3 is 20.1 Å². The van der Waals surface area contributed by atoms with Gasteiger partial charge in [-0.3, -0.25) is 14.9 Å². The molecule has 3 rings (SSSR count). The molecule has 1 aromatic carbocycles. The van der Waals surface area contributed by atoms with E-state index in [4.69, 9.17) is 21.1 Å². The second kappa shape index (κ2) is 10.6. The summed E-state index contributed by atoms with van der Waals surface area (Å²) in [4.78, 5) is 30.8. The van der Waals surface area contributed by atoms with Crippen LogP contribution in [0, 0.1) is 15.9 Å². The van der Waals surface area contributed by atoms with Gasteiger partial charge in [0.2, 0.25) is 5.82 Å². The number of rotatable bonds is 9. The van der Waals surface area contributed by atoms with Crippen LogP contribution in [0.1, 0.15) is 13.8 Å². The lowest BCUT2D eigenvalue weighted by Gasteiger charge is -2.15. The summed E-state index contributed by atoms with van der Waals surface area (Å²) < 4.78 is 24.8. The largest absolute Gasteiger partial charge is 0.481 e. The van der Waals surface area contributed by atoms with E-state index in [1.165, 1.54) is 37.4 Å². The molecule has 0 radical (unpaired) electrons. The van der Waals surface area contributed by atoms with Crippen molar-refractivity contribution in [3.05, 3.63) is 69.6 Å². The third kappa shape index (κ3) is 6.26. The number of nitro groups is 1. The zero-order valence-electron chi connectivity index (χ0n) is 17.5. The van der Waals surface area contributed by atoms with Gasteiger partial charge in [0.15, 0.2) is 11.9 Å². The maximum absolute atomic E-state index is 13.8. The Kier molecular flexibility index (Phi) is 7.57. The van der Waals surface area contributed by atoms with Crippen LogP contribution in [-0.2, 0) is 4.79 Å². The summed E-state index contributed by atoms with van der Waals surface area (Å²) in [5.41, 5.74) is -0.199. The van der Waals surface area contributed by atoms with Gasteiger partial charge in [-0.15, -0.1) is 0 Å². The Morgan fingerprint density at radius 3 is 2.58 bits per heavy atom. The molecule has 1 amide bonds. The van der Waals surface area contributed by atoms with E-state index in [2.05, 4.69) is 20.6 Å². The Labute approximate surface area is 192 Å². The molecule has 1 unspecified atom stereocenters. The van der Waals surface area contributed by atoms with Crippen LogP contribution < -0.4 is 20.1 Å². The van der Waals surface area contributed by atoms with Crippen molar-refractivity contribution in [2.75, 3.05) is 17.2 Å². The molecule has 0 aliphatic carbocycles. The maximum Gasteiger partial charge on any atom is 0.311 e. The third-order valence-electron chi connectivity index (χ3n) is 4.16. The molecule has 2 N–H and O–H groups in total. The van der Waals surface area contributed by atoms with E-state index in [0.29, 0.717) is 18.0 Å². The van der Waals surface area contributed by atoms with Crippen molar-refractivity contribution >= 4 is 34.8 Å². The molecule has 0 saturated carbocycles. The minimum atomic E-state index is -0.910. The van der Waals surface area contributed by atoms with Gasteiger partial charge in [-0.1, -0.05) is 11.6 Å². The topological polar surface area (TPSA) is 129 Å². The minimum Gasteiger partial charge on any atom is -0.481 e. The van der Waals surface area contributed by atoms with Gasteiger partial charge in [0.25, 0.3) is 11.8 Å². The van der Waals surface area contributed by atoms with Crippen LogP contribution in [0.3, 0.4) is 0 Å². The lowest BCUT2D eigenvalue weighted by molar-refractivity contribution is -0.384. The molecule has 12 heteroatoms. The maximum atomic E-state index is 13.8. The van der Waals surface area contributed by atoms with Crippen molar-refractivity contribution in [1.29, 1.82) is 0 Å². The molecule has 33 heavy (non-hydrogen) atoms. The molecule has 10 nitrogen and oxygen atoms in total. The molecule has 0 fully saturated rings. The van der Waals surface area contributed by atoms with Crippen LogP contribution in [0.25, 0.3) is 0 Å². The quantitative estimate of drug-likeness (QED) is 0.333. The zero-order valence-corrected chi connectivity index (χ0v) is 18.3. The summed E-state index contributed by atoms with van der Waals surface area (Å²) in [5.74, 6) is -0.585. The second-order valence-corrected chi connectivity index (χ2v) is 7.05. The van der Waals surface area contributed by atoms with Crippen LogP contribution in [0.2, 0.25) is 5.02 Å². The van der Waals surface area contributed by atoms with Gasteiger partial charge in [0, 0.05) is 18.8 Å². The summed E-state index contributed by atoms with van der Waals surface area (Å²) in [6, 6.07) is 9.80. The number of hydrogen-bond acceptors (Lipinski definition) is 8. The van der Waals surface area contributed by atoms with E-state index >= 15 is 0 Å². The van der Waals surface area contributed by atoms with E-state index < -0.39 is 22.8 Å². The predicted octanol–water partition coefficient (Wildman–Crippen LogP) is 4.81. The number of ether oxygens (including phenoxy) is 2. The van der Waals surface area contributed by atoms with Crippen LogP contribution in [0.5, 0.6) is 17.4 Å². The monoisotopic (exact) mass is 475 g/mol. The average Bonchev–Trinajstić information content (AvgIpc) is 2.77. The van der Waals surface area contributed by atoms with E-state index in [0.717, 1.165) is 6.07 Å². The molecule has 172 valence electrons. The van der Waals surface area contributed by atoms with Crippen LogP contribution in [-0.4, -0.2) is 33.4 Å². The summed E-state index contributed by atoms with van der Waals surface area (Å²) in [5, 5.41) is 16.6. The summed E-state index contributed by atoms with van der Waals surface area (Å²) in [7, 11) is 0. The molecular weight excluding hydrogens is 457 g/mol. The Morgan fingerprint density at radius 2 is 1.94 bits per heavy atom. The highest BCUT2D eigenvalue weighted by Gasteiger charge is 2.19. The molecule has 0 aliphatic heterocycles. The number of halogens is 2. The number of carbonyl (C=O) groups is 1. The Bertz CT molecular complexity index is 1160. The highest BCUT2D eigenvalue weighted by atomic mass is 35.5. The Hall–Kier alpha value is -3.99. The van der Waals surface area contributed by atoms with Crippen molar-refractivity contribution in [3.8, 4) is 17.4 Å². The molecule has 0 spiro atoms. The van der Waals surface area contributed by atoms with Crippen LogP contribution in [0.4, 0.5) is 21.7 Å². The van der Waals surface area contributed by atoms with Crippen LogP contribution in [0.15, 0.2) is 48.7 Å². The molecule has 3 aromatic rings. The fourth-order valence-electron chi connectivity index (χ4n) is 2.63. The van der Waals surface area contributed by atoms with Gasteiger partial charge in [-0.05, 0) is 50.2 Å². The molecule has 2 heterocycles. The third-order valence-corrected chi connectivity index (χ3v) is 4.37. The predicted molar refractivity (Wildman–Crippen MR) is 119 cm³/mol. The molecule has 1 atom stereocenters. The van der Waals surface area contributed by atoms with E-state index in [-0.39, 0.29) is 28.2 Å². The first-order valence-electron chi connectivity index (χ1n) is 9.72. The summed E-state index contributed by atoms with van der Waals surface area (Å²) in [6.07, 6.45) is 0.352. The number of nitrogens with zero attached hydrogens (tertiary/aromatic N) is 3. The van der Waals surface area contributed by atoms with E-state index in [1.807, 2.05) is 0 Å². The minimum absolute atomic E-state index is 0.0519. The van der Waals surface area contributed by atoms with Crippen molar-refractivity contribution in [3.63, 3.8) is 0 Å². The first kappa shape index (κ1) is 23.7. The number of nitrogens with one attached hydrogen (secondary N) is 2. The highest BCUT2D eigenvalue weighted by molar-refractivity contribution is 6.30. The van der Waals surface area contributed by atoms with Crippen molar-refractivity contribution < 1.29 is 23.6 Å². The highest BCUT2D eigenvalue weighted by Crippen LogP contribution is 2.27. The number of aromatic nitrogens is 2. The fraction of sp³-hybridized carbons (Fsp3) is 0.190. The van der Waals surface area contributed by atoms with Gasteiger partial charge in [-0.25, -0.2) is 14.4 Å². The first-order valence-corrected chi connectivity index (χ1v) is 10.1. The number of carbonyl (C=O) groups excluding carboxylic acids is 1. The number of hydrogen-bond donors (Lipinski definition) is 2. The Morgan fingerprint density at radius 1 is 1.24 bits per heavy atom. The first-order chi connectivity index (χ1) is 15.8. The Balaban J connectivity index is 1.61. The molecular formula is C21H19ClFN5O5. The smallest absolute Gasteiger partial charge is 0.311 e. The van der Waals surface area contributed by atoms with Crippen molar-refractivity contribution in [2.24, 2.45) is 0 Å². The SMILES string of the molecule is CCNc1nc(NC(=O)C(C)Oc2ccc(Oc3ncc(Cl)cc3F)cc2)ccc1[N+](=O)[O-]. The number of anilines is 2. The number of benzene rings is 1. The van der Waals surface area contributed by atoms with Crippen LogP contribution >= 0.6 is 11.6 Å². The lowest BCUT2D eigenvalue weighted by atomic mass is 10.3. The summed E-state index contributed by atoms with van der Waals surface area (Å²) in [6.45, 7) is 3.72. The van der Waals surface area contributed by atoms with Gasteiger partial charge in [0.1, 0.15) is 17.3 Å². The van der Waals surface area contributed by atoms with E-state index in [1.54, 1.807) is 19.1 Å². The van der Waals surface area contributed by atoms with Gasteiger partial charge in [-0.2, -0.15) is 0 Å². The second-order valence-electron chi connectivity index (χ2n) is 6.61. The molecule has 2 aromatic heterocycles. The van der Waals surface area contributed by atoms with Gasteiger partial charge in [0.05, 0.1) is 9.95 Å². The number of pyridine rings is 2. The summed E-state index contributed by atoms with van der Waals surface area (Å²) >= 11 is 5.67.